The van der Waals surface area contributed by atoms with Crippen molar-refractivity contribution in [3.8, 4) is 22.5 Å². The van der Waals surface area contributed by atoms with Gasteiger partial charge in [0.05, 0.1) is 13.0 Å². The van der Waals surface area contributed by atoms with Crippen LogP contribution in [0, 0.1) is 0 Å². The third kappa shape index (κ3) is 4.89. The molecule has 0 bridgehead atoms. The summed E-state index contributed by atoms with van der Waals surface area (Å²) in [7, 11) is 0. The van der Waals surface area contributed by atoms with Gasteiger partial charge in [0.1, 0.15) is 0 Å². The van der Waals surface area contributed by atoms with Crippen molar-refractivity contribution >= 4 is 17.5 Å². The van der Waals surface area contributed by atoms with Crippen LogP contribution in [0.15, 0.2) is 83.4 Å². The van der Waals surface area contributed by atoms with Crippen molar-refractivity contribution in [2.45, 2.75) is 13.0 Å². The van der Waals surface area contributed by atoms with Crippen LogP contribution in [0.5, 0.6) is 0 Å². The van der Waals surface area contributed by atoms with E-state index in [0.717, 1.165) is 22.3 Å². The van der Waals surface area contributed by atoms with E-state index < -0.39 is 0 Å². The lowest BCUT2D eigenvalue weighted by Crippen LogP contribution is -2.24. The largest absolute Gasteiger partial charge is 0.347 e. The Morgan fingerprint density at radius 2 is 1.52 bits per heavy atom. The maximum absolute atomic E-state index is 12.2. The Morgan fingerprint density at radius 3 is 2.24 bits per heavy atom. The Kier molecular flexibility index (Phi) is 5.68. The quantitative estimate of drug-likeness (QED) is 0.496. The first-order valence-electron chi connectivity index (χ1n) is 9.17. The number of rotatable bonds is 6. The molecule has 0 saturated heterocycles. The third-order valence-electron chi connectivity index (χ3n) is 4.43. The third-order valence-corrected chi connectivity index (χ3v) is 4.69. The summed E-state index contributed by atoms with van der Waals surface area (Å²) in [4.78, 5) is 16.5. The number of nitrogens with one attached hydrogen (secondary N) is 1. The summed E-state index contributed by atoms with van der Waals surface area (Å²) in [5, 5.41) is 7.39. The van der Waals surface area contributed by atoms with Crippen LogP contribution in [-0.4, -0.2) is 16.0 Å². The minimum absolute atomic E-state index is 0.108. The zero-order valence-corrected chi connectivity index (χ0v) is 16.3. The van der Waals surface area contributed by atoms with Gasteiger partial charge in [-0.3, -0.25) is 4.79 Å². The maximum Gasteiger partial charge on any atom is 0.246 e. The average Bonchev–Trinajstić information content (AvgIpc) is 3.23. The molecule has 0 aliphatic heterocycles. The Balaban J connectivity index is 1.32. The summed E-state index contributed by atoms with van der Waals surface area (Å²) in [5.74, 6) is 0.703. The number of aromatic nitrogens is 2. The molecule has 3 aromatic carbocycles. The van der Waals surface area contributed by atoms with Crippen molar-refractivity contribution < 1.29 is 9.32 Å². The van der Waals surface area contributed by atoms with Gasteiger partial charge >= 0.3 is 0 Å². The summed E-state index contributed by atoms with van der Waals surface area (Å²) in [6.07, 6.45) is 0.285. The van der Waals surface area contributed by atoms with E-state index in [1.165, 1.54) is 0 Å². The maximum atomic E-state index is 12.2. The number of carbonyl (C=O) groups excluding carboxylic acids is 1. The first-order chi connectivity index (χ1) is 14.2. The summed E-state index contributed by atoms with van der Waals surface area (Å²) in [6.45, 7) is 0.182. The van der Waals surface area contributed by atoms with Crippen molar-refractivity contribution in [2.24, 2.45) is 0 Å². The monoisotopic (exact) mass is 403 g/mol. The van der Waals surface area contributed by atoms with Crippen LogP contribution in [0.2, 0.25) is 5.02 Å². The normalized spacial score (nSPS) is 10.7. The molecule has 1 aromatic heterocycles. The molecule has 0 saturated carbocycles. The molecule has 6 heteroatoms. The molecule has 1 heterocycles. The number of carbonyl (C=O) groups is 1. The molecule has 0 unspecified atom stereocenters. The second kappa shape index (κ2) is 8.71. The molecular weight excluding hydrogens is 386 g/mol. The fourth-order valence-corrected chi connectivity index (χ4v) is 3.04. The highest BCUT2D eigenvalue weighted by Crippen LogP contribution is 2.20. The van der Waals surface area contributed by atoms with Gasteiger partial charge in [-0.25, -0.2) is 0 Å². The van der Waals surface area contributed by atoms with Gasteiger partial charge in [-0.05, 0) is 41.0 Å². The number of nitrogens with zero attached hydrogens (tertiary/aromatic N) is 2. The van der Waals surface area contributed by atoms with Gasteiger partial charge in [0, 0.05) is 10.6 Å². The summed E-state index contributed by atoms with van der Waals surface area (Å²) in [5.41, 5.74) is 4.01. The van der Waals surface area contributed by atoms with Crippen LogP contribution in [0.4, 0.5) is 0 Å². The van der Waals surface area contributed by atoms with Crippen LogP contribution < -0.4 is 5.32 Å². The molecule has 4 aromatic rings. The van der Waals surface area contributed by atoms with E-state index >= 15 is 0 Å². The zero-order chi connectivity index (χ0) is 20.1. The number of halogens is 1. The molecule has 0 fully saturated rings. The van der Waals surface area contributed by atoms with E-state index in [1.54, 1.807) is 12.1 Å². The summed E-state index contributed by atoms with van der Waals surface area (Å²) >= 11 is 5.88. The lowest BCUT2D eigenvalue weighted by molar-refractivity contribution is -0.120. The zero-order valence-electron chi connectivity index (χ0n) is 15.5. The lowest BCUT2D eigenvalue weighted by Gasteiger charge is -2.05. The van der Waals surface area contributed by atoms with Crippen molar-refractivity contribution in [1.29, 1.82) is 0 Å². The van der Waals surface area contributed by atoms with Crippen LogP contribution in [0.1, 0.15) is 11.5 Å². The van der Waals surface area contributed by atoms with Gasteiger partial charge in [-0.15, -0.1) is 0 Å². The first kappa shape index (κ1) is 18.9. The molecule has 0 aliphatic rings. The van der Waals surface area contributed by atoms with Gasteiger partial charge < -0.3 is 9.84 Å². The fraction of sp³-hybridized carbons (Fsp3) is 0.0870. The Hall–Kier alpha value is -3.44. The predicted octanol–water partition coefficient (Wildman–Crippen LogP) is 4.92. The molecule has 0 radical (unpaired) electrons. The highest BCUT2D eigenvalue weighted by atomic mass is 35.5. The smallest absolute Gasteiger partial charge is 0.246 e. The molecule has 5 nitrogen and oxygen atoms in total. The second-order valence-electron chi connectivity index (χ2n) is 6.54. The Morgan fingerprint density at radius 1 is 0.862 bits per heavy atom. The topological polar surface area (TPSA) is 68.0 Å². The van der Waals surface area contributed by atoms with Crippen molar-refractivity contribution in [3.63, 3.8) is 0 Å². The lowest BCUT2D eigenvalue weighted by atomic mass is 10.0. The molecule has 29 heavy (non-hydrogen) atoms. The molecule has 1 N–H and O–H groups in total. The number of amides is 1. The standard InChI is InChI=1S/C23H18ClN3O2/c24-20-12-10-19(11-13-20)23-26-22(29-27-23)15-25-21(28)14-16-6-8-18(9-7-16)17-4-2-1-3-5-17/h1-13H,14-15H2,(H,25,28). The van der Waals surface area contributed by atoms with E-state index in [1.807, 2.05) is 54.6 Å². The van der Waals surface area contributed by atoms with Gasteiger partial charge in [-0.2, -0.15) is 4.98 Å². The van der Waals surface area contributed by atoms with Crippen LogP contribution in [0.25, 0.3) is 22.5 Å². The van der Waals surface area contributed by atoms with Crippen LogP contribution in [0.3, 0.4) is 0 Å². The average molecular weight is 404 g/mol. The minimum Gasteiger partial charge on any atom is -0.347 e. The van der Waals surface area contributed by atoms with Gasteiger partial charge in [-0.1, -0.05) is 71.4 Å². The van der Waals surface area contributed by atoms with E-state index in [0.29, 0.717) is 16.7 Å². The molecule has 144 valence electrons. The first-order valence-corrected chi connectivity index (χ1v) is 9.55. The highest BCUT2D eigenvalue weighted by molar-refractivity contribution is 6.30. The summed E-state index contributed by atoms with van der Waals surface area (Å²) < 4.78 is 5.21. The summed E-state index contributed by atoms with van der Waals surface area (Å²) in [6, 6.07) is 25.3. The van der Waals surface area contributed by atoms with Crippen LogP contribution in [-0.2, 0) is 17.8 Å². The molecule has 1 amide bonds. The second-order valence-corrected chi connectivity index (χ2v) is 6.97. The fourth-order valence-electron chi connectivity index (χ4n) is 2.91. The molecular formula is C23H18ClN3O2. The van der Waals surface area contributed by atoms with E-state index in [2.05, 4.69) is 27.6 Å². The van der Waals surface area contributed by atoms with E-state index in [-0.39, 0.29) is 18.9 Å². The van der Waals surface area contributed by atoms with Crippen molar-refractivity contribution in [1.82, 2.24) is 15.5 Å². The highest BCUT2D eigenvalue weighted by Gasteiger charge is 2.10. The van der Waals surface area contributed by atoms with Gasteiger partial charge in [0.2, 0.25) is 17.6 Å². The van der Waals surface area contributed by atoms with Crippen molar-refractivity contribution in [3.05, 3.63) is 95.3 Å². The minimum atomic E-state index is -0.108. The Labute approximate surface area is 173 Å². The number of benzene rings is 3. The molecule has 0 atom stereocenters. The van der Waals surface area contributed by atoms with Gasteiger partial charge in [0.15, 0.2) is 0 Å². The van der Waals surface area contributed by atoms with E-state index in [9.17, 15) is 4.79 Å². The Bertz CT molecular complexity index is 1090. The predicted molar refractivity (Wildman–Crippen MR) is 112 cm³/mol. The number of hydrogen-bond acceptors (Lipinski definition) is 4. The van der Waals surface area contributed by atoms with E-state index in [4.69, 9.17) is 16.1 Å². The molecule has 0 aliphatic carbocycles. The SMILES string of the molecule is O=C(Cc1ccc(-c2ccccc2)cc1)NCc1nc(-c2ccc(Cl)cc2)no1. The van der Waals surface area contributed by atoms with Crippen molar-refractivity contribution in [2.75, 3.05) is 0 Å². The molecule has 4 rings (SSSR count). The molecule has 0 spiro atoms. The number of hydrogen-bond donors (Lipinski definition) is 1. The van der Waals surface area contributed by atoms with Crippen LogP contribution >= 0.6 is 11.6 Å². The van der Waals surface area contributed by atoms with Gasteiger partial charge in [0.25, 0.3) is 0 Å².